The average molecular weight is 246 g/mol. The average Bonchev–Trinajstić information content (AvgIpc) is 2.30. The van der Waals surface area contributed by atoms with Crippen LogP contribution in [0.25, 0.3) is 0 Å². The van der Waals surface area contributed by atoms with Gasteiger partial charge < -0.3 is 14.6 Å². The zero-order chi connectivity index (χ0) is 11.9. The summed E-state index contributed by atoms with van der Waals surface area (Å²) in [6.45, 7) is 7.20. The molecule has 1 fully saturated rings. The van der Waals surface area contributed by atoms with Gasteiger partial charge in [-0.15, -0.1) is 0 Å². The third-order valence-electron chi connectivity index (χ3n) is 3.40. The number of rotatable bonds is 7. The van der Waals surface area contributed by atoms with Crippen molar-refractivity contribution >= 4 is 8.07 Å². The van der Waals surface area contributed by atoms with E-state index in [4.69, 9.17) is 14.6 Å². The summed E-state index contributed by atoms with van der Waals surface area (Å²) in [6.07, 6.45) is 4.94. The summed E-state index contributed by atoms with van der Waals surface area (Å²) < 4.78 is 11.2. The Labute approximate surface area is 100 Å². The third-order valence-corrected chi connectivity index (χ3v) is 7.24. The van der Waals surface area contributed by atoms with Crippen LogP contribution in [-0.2, 0) is 9.47 Å². The molecule has 3 nitrogen and oxygen atoms in total. The Morgan fingerprint density at radius 2 is 2.12 bits per heavy atom. The summed E-state index contributed by atoms with van der Waals surface area (Å²) in [5.74, 6) is 0. The van der Waals surface area contributed by atoms with Gasteiger partial charge in [0.25, 0.3) is 0 Å². The van der Waals surface area contributed by atoms with Gasteiger partial charge in [0.05, 0.1) is 21.3 Å². The van der Waals surface area contributed by atoms with Gasteiger partial charge in [-0.1, -0.05) is 19.1 Å². The molecule has 1 N–H and O–H groups in total. The molecule has 1 atom stereocenters. The fourth-order valence-electron chi connectivity index (χ4n) is 2.31. The number of aliphatic hydroxyl groups excluding tert-OH is 1. The lowest BCUT2D eigenvalue weighted by atomic mass is 10.2. The topological polar surface area (TPSA) is 38.7 Å². The van der Waals surface area contributed by atoms with Crippen LogP contribution in [0.3, 0.4) is 0 Å². The largest absolute Gasteiger partial charge is 0.394 e. The zero-order valence-electron chi connectivity index (χ0n) is 10.7. The van der Waals surface area contributed by atoms with Crippen molar-refractivity contribution in [2.45, 2.75) is 50.5 Å². The van der Waals surface area contributed by atoms with Crippen molar-refractivity contribution < 1.29 is 14.6 Å². The predicted octanol–water partition coefficient (Wildman–Crippen LogP) is 2.20. The molecule has 0 radical (unpaired) electrons. The van der Waals surface area contributed by atoms with E-state index in [9.17, 15) is 0 Å². The second-order valence-corrected chi connectivity index (χ2v) is 10.4. The van der Waals surface area contributed by atoms with Crippen molar-refractivity contribution in [1.29, 1.82) is 0 Å². The maximum atomic E-state index is 8.59. The Morgan fingerprint density at radius 1 is 1.31 bits per heavy atom. The number of hydrogen-bond donors (Lipinski definition) is 1. The van der Waals surface area contributed by atoms with E-state index >= 15 is 0 Å². The molecule has 0 bridgehead atoms. The smallest absolute Gasteiger partial charge is 0.0816 e. The molecule has 1 unspecified atom stereocenters. The van der Waals surface area contributed by atoms with E-state index in [-0.39, 0.29) is 6.61 Å². The lowest BCUT2D eigenvalue weighted by Gasteiger charge is -2.35. The molecule has 0 aliphatic carbocycles. The van der Waals surface area contributed by atoms with Gasteiger partial charge in [-0.2, -0.15) is 0 Å². The van der Waals surface area contributed by atoms with Gasteiger partial charge in [0.15, 0.2) is 0 Å². The quantitative estimate of drug-likeness (QED) is 0.553. The van der Waals surface area contributed by atoms with Crippen LogP contribution < -0.4 is 0 Å². The van der Waals surface area contributed by atoms with Crippen molar-refractivity contribution in [3.05, 3.63) is 0 Å². The molecule has 0 spiro atoms. The Hall–Kier alpha value is 0.0969. The van der Waals surface area contributed by atoms with E-state index in [1.54, 1.807) is 0 Å². The molecule has 1 saturated heterocycles. The van der Waals surface area contributed by atoms with Gasteiger partial charge in [0.2, 0.25) is 0 Å². The molecule has 0 aromatic carbocycles. The maximum absolute atomic E-state index is 8.59. The van der Waals surface area contributed by atoms with Crippen LogP contribution in [0.4, 0.5) is 0 Å². The molecule has 16 heavy (non-hydrogen) atoms. The van der Waals surface area contributed by atoms with Crippen LogP contribution >= 0.6 is 0 Å². The molecule has 1 rings (SSSR count). The van der Waals surface area contributed by atoms with Gasteiger partial charge >= 0.3 is 0 Å². The summed E-state index contributed by atoms with van der Waals surface area (Å²) in [7, 11) is -1.23. The van der Waals surface area contributed by atoms with Crippen LogP contribution in [0, 0.1) is 0 Å². The highest BCUT2D eigenvalue weighted by atomic mass is 28.3. The Kier molecular flexibility index (Phi) is 6.57. The Morgan fingerprint density at radius 3 is 2.75 bits per heavy atom. The second kappa shape index (κ2) is 7.43. The first-order valence-electron chi connectivity index (χ1n) is 6.47. The van der Waals surface area contributed by atoms with Crippen molar-refractivity contribution in [3.63, 3.8) is 0 Å². The Balaban J connectivity index is 2.16. The minimum absolute atomic E-state index is 0.132. The van der Waals surface area contributed by atoms with Crippen molar-refractivity contribution in [2.75, 3.05) is 26.4 Å². The van der Waals surface area contributed by atoms with Gasteiger partial charge in [0, 0.05) is 18.9 Å². The van der Waals surface area contributed by atoms with Gasteiger partial charge in [-0.25, -0.2) is 0 Å². The van der Waals surface area contributed by atoms with Crippen molar-refractivity contribution in [3.8, 4) is 0 Å². The third kappa shape index (κ3) is 4.95. The minimum atomic E-state index is -1.23. The first kappa shape index (κ1) is 14.2. The molecule has 0 aromatic rings. The monoisotopic (exact) mass is 246 g/mol. The molecule has 0 amide bonds. The molecule has 1 aliphatic heterocycles. The normalized spacial score (nSPS) is 22.3. The number of hydrogen-bond acceptors (Lipinski definition) is 3. The molecular formula is C12H26O3Si. The zero-order valence-corrected chi connectivity index (χ0v) is 11.7. The van der Waals surface area contributed by atoms with Crippen molar-refractivity contribution in [2.24, 2.45) is 0 Å². The standard InChI is InChI=1S/C12H26O3Si/c1-16(2,11-5-8-14-10-7-13)12-6-3-4-9-15-12/h12-13H,3-11H2,1-2H3. The summed E-state index contributed by atoms with van der Waals surface area (Å²) in [4.78, 5) is 0. The maximum Gasteiger partial charge on any atom is 0.0816 e. The molecule has 0 saturated carbocycles. The lowest BCUT2D eigenvalue weighted by Crippen LogP contribution is -2.45. The first-order chi connectivity index (χ1) is 7.67. The van der Waals surface area contributed by atoms with E-state index in [2.05, 4.69) is 13.1 Å². The summed E-state index contributed by atoms with van der Waals surface area (Å²) in [5, 5.41) is 8.59. The lowest BCUT2D eigenvalue weighted by molar-refractivity contribution is 0.0589. The summed E-state index contributed by atoms with van der Waals surface area (Å²) in [6, 6.07) is 1.27. The highest BCUT2D eigenvalue weighted by Crippen LogP contribution is 2.26. The molecule has 1 aliphatic rings. The van der Waals surface area contributed by atoms with Crippen LogP contribution in [0.2, 0.25) is 19.1 Å². The van der Waals surface area contributed by atoms with E-state index < -0.39 is 8.07 Å². The van der Waals surface area contributed by atoms with E-state index in [0.717, 1.165) is 19.6 Å². The van der Waals surface area contributed by atoms with E-state index in [1.165, 1.54) is 25.3 Å². The highest BCUT2D eigenvalue weighted by Gasteiger charge is 2.33. The summed E-state index contributed by atoms with van der Waals surface area (Å²) >= 11 is 0. The molecule has 0 aromatic heterocycles. The van der Waals surface area contributed by atoms with Crippen LogP contribution in [0.15, 0.2) is 0 Å². The van der Waals surface area contributed by atoms with Crippen LogP contribution in [-0.4, -0.2) is 45.3 Å². The van der Waals surface area contributed by atoms with Crippen LogP contribution in [0.5, 0.6) is 0 Å². The minimum Gasteiger partial charge on any atom is -0.394 e. The molecule has 1 heterocycles. The van der Waals surface area contributed by atoms with Crippen LogP contribution in [0.1, 0.15) is 25.7 Å². The number of aliphatic hydroxyl groups is 1. The van der Waals surface area contributed by atoms with Gasteiger partial charge in [-0.05, 0) is 25.7 Å². The summed E-state index contributed by atoms with van der Waals surface area (Å²) in [5.41, 5.74) is 0.555. The Bertz CT molecular complexity index is 179. The first-order valence-corrected chi connectivity index (χ1v) is 9.75. The molecule has 96 valence electrons. The van der Waals surface area contributed by atoms with E-state index in [1.807, 2.05) is 0 Å². The van der Waals surface area contributed by atoms with Gasteiger partial charge in [-0.3, -0.25) is 0 Å². The second-order valence-electron chi connectivity index (χ2n) is 5.28. The number of ether oxygens (including phenoxy) is 2. The molecular weight excluding hydrogens is 220 g/mol. The highest BCUT2D eigenvalue weighted by molar-refractivity contribution is 6.78. The fraction of sp³-hybridized carbons (Fsp3) is 1.00. The van der Waals surface area contributed by atoms with Crippen molar-refractivity contribution in [1.82, 2.24) is 0 Å². The van der Waals surface area contributed by atoms with E-state index in [0.29, 0.717) is 12.3 Å². The fourth-order valence-corrected chi connectivity index (χ4v) is 5.25. The SMILES string of the molecule is C[Si](C)(CCCOCCO)C1CCCCO1. The van der Waals surface area contributed by atoms with Gasteiger partial charge in [0.1, 0.15) is 0 Å². The predicted molar refractivity (Wildman–Crippen MR) is 68.4 cm³/mol. The molecule has 4 heteroatoms.